The van der Waals surface area contributed by atoms with Gasteiger partial charge in [0, 0.05) is 43.7 Å². The standard InChI is InChI=1S/C15H19N5O/c1-19-10-12(9-18-19)14-3-2-6-20(14)15(21)11-4-5-17-13(7-11)8-16/h4-5,7,9-10,14H,2-3,6,8,16H2,1H3. The molecule has 6 nitrogen and oxygen atoms in total. The molecule has 1 amide bonds. The normalized spacial score (nSPS) is 18.2. The molecule has 21 heavy (non-hydrogen) atoms. The van der Waals surface area contributed by atoms with Crippen LogP contribution in [0, 0.1) is 0 Å². The van der Waals surface area contributed by atoms with Crippen molar-refractivity contribution in [2.75, 3.05) is 6.54 Å². The monoisotopic (exact) mass is 285 g/mol. The van der Waals surface area contributed by atoms with Crippen LogP contribution in [0.3, 0.4) is 0 Å². The van der Waals surface area contributed by atoms with Gasteiger partial charge < -0.3 is 10.6 Å². The summed E-state index contributed by atoms with van der Waals surface area (Å²) in [5, 5.41) is 4.21. The fraction of sp³-hybridized carbons (Fsp3) is 0.400. The minimum absolute atomic E-state index is 0.0402. The molecular formula is C15H19N5O. The van der Waals surface area contributed by atoms with Crippen molar-refractivity contribution in [1.29, 1.82) is 0 Å². The molecule has 0 spiro atoms. The van der Waals surface area contributed by atoms with E-state index in [4.69, 9.17) is 5.73 Å². The molecule has 110 valence electrons. The lowest BCUT2D eigenvalue weighted by Gasteiger charge is -2.24. The molecule has 1 aliphatic heterocycles. The summed E-state index contributed by atoms with van der Waals surface area (Å²) in [4.78, 5) is 18.8. The Kier molecular flexibility index (Phi) is 3.70. The lowest BCUT2D eigenvalue weighted by atomic mass is 10.1. The summed E-state index contributed by atoms with van der Waals surface area (Å²) in [5.41, 5.74) is 8.08. The molecule has 6 heteroatoms. The van der Waals surface area contributed by atoms with Crippen LogP contribution in [0.1, 0.15) is 40.5 Å². The number of hydrogen-bond acceptors (Lipinski definition) is 4. The molecule has 1 unspecified atom stereocenters. The number of amides is 1. The van der Waals surface area contributed by atoms with Crippen LogP contribution >= 0.6 is 0 Å². The topological polar surface area (TPSA) is 77.0 Å². The second kappa shape index (κ2) is 5.65. The number of likely N-dealkylation sites (tertiary alicyclic amines) is 1. The third-order valence-electron chi connectivity index (χ3n) is 3.90. The average molecular weight is 285 g/mol. The first kappa shape index (κ1) is 13.8. The summed E-state index contributed by atoms with van der Waals surface area (Å²) >= 11 is 0. The molecule has 0 aromatic carbocycles. The van der Waals surface area contributed by atoms with Crippen molar-refractivity contribution in [2.45, 2.75) is 25.4 Å². The van der Waals surface area contributed by atoms with Gasteiger partial charge in [0.2, 0.25) is 0 Å². The van der Waals surface area contributed by atoms with Gasteiger partial charge in [-0.2, -0.15) is 5.10 Å². The Balaban J connectivity index is 1.85. The third kappa shape index (κ3) is 2.67. The molecule has 3 rings (SSSR count). The summed E-state index contributed by atoms with van der Waals surface area (Å²) in [5.74, 6) is 0.0402. The Bertz CT molecular complexity index is 651. The molecule has 1 fully saturated rings. The summed E-state index contributed by atoms with van der Waals surface area (Å²) in [7, 11) is 1.89. The number of nitrogens with zero attached hydrogens (tertiary/aromatic N) is 4. The fourth-order valence-corrected chi connectivity index (χ4v) is 2.86. The second-order valence-corrected chi connectivity index (χ2v) is 5.34. The van der Waals surface area contributed by atoms with E-state index in [1.165, 1.54) is 0 Å². The molecule has 0 aliphatic carbocycles. The summed E-state index contributed by atoms with van der Waals surface area (Å²) < 4.78 is 1.77. The maximum atomic E-state index is 12.7. The second-order valence-electron chi connectivity index (χ2n) is 5.34. The molecule has 2 aromatic rings. The zero-order valence-corrected chi connectivity index (χ0v) is 12.1. The van der Waals surface area contributed by atoms with Gasteiger partial charge in [0.25, 0.3) is 5.91 Å². The highest BCUT2D eigenvalue weighted by atomic mass is 16.2. The van der Waals surface area contributed by atoms with Crippen LogP contribution in [0.4, 0.5) is 0 Å². The zero-order chi connectivity index (χ0) is 14.8. The first-order valence-electron chi connectivity index (χ1n) is 7.13. The van der Waals surface area contributed by atoms with Crippen molar-refractivity contribution < 1.29 is 4.79 Å². The van der Waals surface area contributed by atoms with Crippen molar-refractivity contribution in [3.63, 3.8) is 0 Å². The Morgan fingerprint density at radius 3 is 3.10 bits per heavy atom. The predicted octanol–water partition coefficient (Wildman–Crippen LogP) is 1.25. The van der Waals surface area contributed by atoms with Gasteiger partial charge in [-0.15, -0.1) is 0 Å². The zero-order valence-electron chi connectivity index (χ0n) is 12.1. The van der Waals surface area contributed by atoms with Crippen molar-refractivity contribution in [2.24, 2.45) is 12.8 Å². The molecule has 3 heterocycles. The fourth-order valence-electron chi connectivity index (χ4n) is 2.86. The van der Waals surface area contributed by atoms with Gasteiger partial charge in [0.05, 0.1) is 17.9 Å². The van der Waals surface area contributed by atoms with E-state index in [9.17, 15) is 4.79 Å². The first-order chi connectivity index (χ1) is 10.2. The van der Waals surface area contributed by atoms with Gasteiger partial charge in [-0.1, -0.05) is 0 Å². The van der Waals surface area contributed by atoms with Crippen LogP contribution in [0.25, 0.3) is 0 Å². The largest absolute Gasteiger partial charge is 0.331 e. The lowest BCUT2D eigenvalue weighted by Crippen LogP contribution is -2.30. The van der Waals surface area contributed by atoms with Crippen LogP contribution in [0.2, 0.25) is 0 Å². The highest BCUT2D eigenvalue weighted by Crippen LogP contribution is 2.32. The van der Waals surface area contributed by atoms with E-state index in [0.29, 0.717) is 12.1 Å². The van der Waals surface area contributed by atoms with E-state index in [0.717, 1.165) is 30.6 Å². The van der Waals surface area contributed by atoms with E-state index in [-0.39, 0.29) is 11.9 Å². The van der Waals surface area contributed by atoms with Gasteiger partial charge in [0.15, 0.2) is 0 Å². The molecule has 2 N–H and O–H groups in total. The van der Waals surface area contributed by atoms with Gasteiger partial charge >= 0.3 is 0 Å². The van der Waals surface area contributed by atoms with Crippen molar-refractivity contribution >= 4 is 5.91 Å². The van der Waals surface area contributed by atoms with Crippen molar-refractivity contribution in [3.05, 3.63) is 47.5 Å². The summed E-state index contributed by atoms with van der Waals surface area (Å²) in [6, 6.07) is 3.64. The highest BCUT2D eigenvalue weighted by molar-refractivity contribution is 5.94. The molecule has 0 bridgehead atoms. The molecule has 2 aromatic heterocycles. The smallest absolute Gasteiger partial charge is 0.254 e. The number of rotatable bonds is 3. The van der Waals surface area contributed by atoms with Gasteiger partial charge in [-0.05, 0) is 25.0 Å². The van der Waals surface area contributed by atoms with E-state index in [1.807, 2.05) is 24.3 Å². The van der Waals surface area contributed by atoms with Crippen LogP contribution < -0.4 is 5.73 Å². The molecule has 1 atom stereocenters. The number of nitrogens with two attached hydrogens (primary N) is 1. The van der Waals surface area contributed by atoms with Gasteiger partial charge in [-0.3, -0.25) is 14.5 Å². The quantitative estimate of drug-likeness (QED) is 0.920. The Labute approximate surface area is 123 Å². The SMILES string of the molecule is Cn1cc(C2CCCN2C(=O)c2ccnc(CN)c2)cn1. The molecule has 0 radical (unpaired) electrons. The summed E-state index contributed by atoms with van der Waals surface area (Å²) in [6.07, 6.45) is 7.46. The number of pyridine rings is 1. The van der Waals surface area contributed by atoms with Gasteiger partial charge in [0.1, 0.15) is 0 Å². The van der Waals surface area contributed by atoms with E-state index < -0.39 is 0 Å². The average Bonchev–Trinajstić information content (AvgIpc) is 3.15. The lowest BCUT2D eigenvalue weighted by molar-refractivity contribution is 0.0735. The van der Waals surface area contributed by atoms with Crippen LogP contribution in [-0.4, -0.2) is 32.1 Å². The van der Waals surface area contributed by atoms with Crippen molar-refractivity contribution in [1.82, 2.24) is 19.7 Å². The minimum Gasteiger partial charge on any atom is -0.331 e. The third-order valence-corrected chi connectivity index (χ3v) is 3.90. The van der Waals surface area contributed by atoms with E-state index >= 15 is 0 Å². The maximum absolute atomic E-state index is 12.7. The molecule has 0 saturated carbocycles. The first-order valence-corrected chi connectivity index (χ1v) is 7.13. The molecule has 1 aliphatic rings. The number of aromatic nitrogens is 3. The molecular weight excluding hydrogens is 266 g/mol. The van der Waals surface area contributed by atoms with Gasteiger partial charge in [-0.25, -0.2) is 0 Å². The number of aryl methyl sites for hydroxylation is 1. The Morgan fingerprint density at radius 2 is 2.38 bits per heavy atom. The van der Waals surface area contributed by atoms with E-state index in [1.54, 1.807) is 23.0 Å². The van der Waals surface area contributed by atoms with Crippen LogP contribution in [0.5, 0.6) is 0 Å². The maximum Gasteiger partial charge on any atom is 0.254 e. The number of carbonyl (C=O) groups is 1. The highest BCUT2D eigenvalue weighted by Gasteiger charge is 2.31. The van der Waals surface area contributed by atoms with E-state index in [2.05, 4.69) is 10.1 Å². The molecule has 1 saturated heterocycles. The number of carbonyl (C=O) groups excluding carboxylic acids is 1. The van der Waals surface area contributed by atoms with Crippen molar-refractivity contribution in [3.8, 4) is 0 Å². The van der Waals surface area contributed by atoms with Crippen LogP contribution in [0.15, 0.2) is 30.7 Å². The van der Waals surface area contributed by atoms with Crippen LogP contribution in [-0.2, 0) is 13.6 Å². The summed E-state index contributed by atoms with van der Waals surface area (Å²) in [6.45, 7) is 1.12. The Hall–Kier alpha value is -2.21. The number of hydrogen-bond donors (Lipinski definition) is 1. The predicted molar refractivity (Wildman–Crippen MR) is 78.3 cm³/mol. The minimum atomic E-state index is 0.0402. The Morgan fingerprint density at radius 1 is 1.52 bits per heavy atom.